The Hall–Kier alpha value is -2.75. The second-order valence-electron chi connectivity index (χ2n) is 11.4. The highest BCUT2D eigenvalue weighted by atomic mass is 32.2. The minimum atomic E-state index is -3.66. The van der Waals surface area contributed by atoms with Crippen LogP contribution in [0.1, 0.15) is 35.4 Å². The van der Waals surface area contributed by atoms with Crippen LogP contribution in [0.15, 0.2) is 59.8 Å². The van der Waals surface area contributed by atoms with Gasteiger partial charge in [-0.3, -0.25) is 9.58 Å². The number of aromatic nitrogens is 3. The predicted octanol–water partition coefficient (Wildman–Crippen LogP) is 2.58. The van der Waals surface area contributed by atoms with Crippen molar-refractivity contribution in [1.82, 2.24) is 24.6 Å². The van der Waals surface area contributed by atoms with Crippen molar-refractivity contribution < 1.29 is 8.42 Å². The standard InChI is InChI=1S/C28H34N6O2S/c1-32-18-28(29-31-32)37(35,36)30-23-16-33(17-23)24-9-7-20-8-10-27(34-14-21-12-22(21)15-34)26(25(20)13-24)11-19-5-3-2-4-6-19/h2-7,9,13,18,21-23,26-27,30H,8,10-12,14-17H2,1H3. The average molecular weight is 519 g/mol. The molecule has 8 nitrogen and oxygen atoms in total. The zero-order valence-corrected chi connectivity index (χ0v) is 22.0. The van der Waals surface area contributed by atoms with Crippen LogP contribution in [0.2, 0.25) is 0 Å². The van der Waals surface area contributed by atoms with Crippen LogP contribution in [0.3, 0.4) is 0 Å². The number of anilines is 1. The molecular weight excluding hydrogens is 484 g/mol. The van der Waals surface area contributed by atoms with Crippen LogP contribution in [-0.2, 0) is 29.9 Å². The Balaban J connectivity index is 1.10. The van der Waals surface area contributed by atoms with Crippen molar-refractivity contribution in [3.63, 3.8) is 0 Å². The summed E-state index contributed by atoms with van der Waals surface area (Å²) in [7, 11) is -2.00. The maximum absolute atomic E-state index is 12.6. The van der Waals surface area contributed by atoms with Crippen molar-refractivity contribution in [2.24, 2.45) is 18.9 Å². The summed E-state index contributed by atoms with van der Waals surface area (Å²) in [6.45, 7) is 3.85. The number of fused-ring (bicyclic) bond motifs is 2. The Labute approximate surface area is 218 Å². The number of piperidine rings is 1. The van der Waals surface area contributed by atoms with Gasteiger partial charge in [0, 0.05) is 50.9 Å². The van der Waals surface area contributed by atoms with Crippen molar-refractivity contribution >= 4 is 15.7 Å². The fourth-order valence-corrected chi connectivity index (χ4v) is 7.96. The maximum Gasteiger partial charge on any atom is 0.261 e. The van der Waals surface area contributed by atoms with Crippen LogP contribution in [-0.4, -0.2) is 66.6 Å². The number of nitrogens with one attached hydrogen (secondary N) is 1. The van der Waals surface area contributed by atoms with Gasteiger partial charge in [0.05, 0.1) is 12.2 Å². The molecule has 3 heterocycles. The molecule has 2 aliphatic heterocycles. The Morgan fingerprint density at radius 3 is 2.54 bits per heavy atom. The molecule has 0 amide bonds. The molecule has 37 heavy (non-hydrogen) atoms. The summed E-state index contributed by atoms with van der Waals surface area (Å²) in [5.41, 5.74) is 5.56. The second kappa shape index (κ2) is 8.92. The first kappa shape index (κ1) is 23.4. The third-order valence-corrected chi connectivity index (χ3v) is 10.3. The van der Waals surface area contributed by atoms with Crippen molar-refractivity contribution in [2.75, 3.05) is 31.1 Å². The first-order chi connectivity index (χ1) is 17.9. The summed E-state index contributed by atoms with van der Waals surface area (Å²) >= 11 is 0. The van der Waals surface area contributed by atoms with Crippen LogP contribution in [0, 0.1) is 11.8 Å². The van der Waals surface area contributed by atoms with E-state index in [4.69, 9.17) is 0 Å². The number of nitrogens with zero attached hydrogens (tertiary/aromatic N) is 5. The highest BCUT2D eigenvalue weighted by Gasteiger charge is 2.48. The number of benzene rings is 2. The lowest BCUT2D eigenvalue weighted by molar-refractivity contribution is 0.171. The third kappa shape index (κ3) is 4.47. The quantitative estimate of drug-likeness (QED) is 0.518. The molecule has 1 saturated carbocycles. The second-order valence-corrected chi connectivity index (χ2v) is 13.1. The molecule has 3 fully saturated rings. The molecule has 2 saturated heterocycles. The van der Waals surface area contributed by atoms with E-state index in [-0.39, 0.29) is 11.1 Å². The molecular formula is C28H34N6O2S. The lowest BCUT2D eigenvalue weighted by Gasteiger charge is -2.43. The van der Waals surface area contributed by atoms with Crippen molar-refractivity contribution in [3.8, 4) is 0 Å². The highest BCUT2D eigenvalue weighted by molar-refractivity contribution is 7.89. The van der Waals surface area contributed by atoms with Crippen molar-refractivity contribution in [1.29, 1.82) is 0 Å². The molecule has 1 aromatic heterocycles. The van der Waals surface area contributed by atoms with E-state index in [0.717, 1.165) is 24.7 Å². The van der Waals surface area contributed by atoms with Crippen molar-refractivity contribution in [3.05, 3.63) is 71.4 Å². The number of hydrogen-bond acceptors (Lipinski definition) is 6. The van der Waals surface area contributed by atoms with E-state index in [1.165, 1.54) is 59.2 Å². The monoisotopic (exact) mass is 518 g/mol. The van der Waals surface area contributed by atoms with Gasteiger partial charge >= 0.3 is 0 Å². The van der Waals surface area contributed by atoms with Gasteiger partial charge in [-0.2, -0.15) is 0 Å². The Morgan fingerprint density at radius 2 is 1.81 bits per heavy atom. The lowest BCUT2D eigenvalue weighted by Crippen LogP contribution is -2.59. The van der Waals surface area contributed by atoms with Crippen molar-refractivity contribution in [2.45, 2.75) is 48.7 Å². The van der Waals surface area contributed by atoms with E-state index >= 15 is 0 Å². The molecule has 2 aromatic carbocycles. The molecule has 0 spiro atoms. The van der Waals surface area contributed by atoms with Crippen LogP contribution in [0.25, 0.3) is 0 Å². The SMILES string of the molecule is Cn1cc(S(=O)(=O)NC2CN(c3ccc4c(c3)C(Cc3ccccc3)C(N3CC5CC5C3)CC4)C2)nn1. The Morgan fingerprint density at radius 1 is 1.03 bits per heavy atom. The summed E-state index contributed by atoms with van der Waals surface area (Å²) in [4.78, 5) is 5.07. The summed E-state index contributed by atoms with van der Waals surface area (Å²) in [5.74, 6) is 2.36. The van der Waals surface area contributed by atoms with E-state index < -0.39 is 10.0 Å². The number of rotatable bonds is 7. The van der Waals surface area contributed by atoms with Crippen LogP contribution < -0.4 is 9.62 Å². The maximum atomic E-state index is 12.6. The minimum Gasteiger partial charge on any atom is -0.368 e. The number of aryl methyl sites for hydroxylation is 2. The number of sulfonamides is 1. The summed E-state index contributed by atoms with van der Waals surface area (Å²) < 4.78 is 29.5. The number of likely N-dealkylation sites (tertiary alicyclic amines) is 1. The lowest BCUT2D eigenvalue weighted by atomic mass is 9.75. The van der Waals surface area contributed by atoms with Crippen LogP contribution in [0.5, 0.6) is 0 Å². The first-order valence-corrected chi connectivity index (χ1v) is 15.0. The normalized spacial score (nSPS) is 27.5. The van der Waals surface area contributed by atoms with Gasteiger partial charge in [0.2, 0.25) is 5.03 Å². The Bertz CT molecular complexity index is 1390. The highest BCUT2D eigenvalue weighted by Crippen LogP contribution is 2.49. The third-order valence-electron chi connectivity index (χ3n) is 8.90. The molecule has 4 aliphatic rings. The van der Waals surface area contributed by atoms with E-state index in [2.05, 4.69) is 73.4 Å². The summed E-state index contributed by atoms with van der Waals surface area (Å²) in [6.07, 6.45) is 6.30. The summed E-state index contributed by atoms with van der Waals surface area (Å²) in [5, 5.41) is 7.48. The largest absolute Gasteiger partial charge is 0.368 e. The molecule has 0 bridgehead atoms. The van der Waals surface area contributed by atoms with Gasteiger partial charge in [-0.05, 0) is 66.3 Å². The van der Waals surface area contributed by atoms with Gasteiger partial charge in [0.1, 0.15) is 0 Å². The molecule has 9 heteroatoms. The smallest absolute Gasteiger partial charge is 0.261 e. The van der Waals surface area contributed by atoms with E-state index in [0.29, 0.717) is 25.0 Å². The van der Waals surface area contributed by atoms with Gasteiger partial charge in [-0.1, -0.05) is 41.6 Å². The molecule has 3 aromatic rings. The molecule has 4 atom stereocenters. The fraction of sp³-hybridized carbons (Fsp3) is 0.500. The molecule has 0 radical (unpaired) electrons. The summed E-state index contributed by atoms with van der Waals surface area (Å²) in [6, 6.07) is 18.3. The minimum absolute atomic E-state index is 0.0309. The van der Waals surface area contributed by atoms with Crippen LogP contribution >= 0.6 is 0 Å². The number of hydrogen-bond donors (Lipinski definition) is 1. The Kier molecular flexibility index (Phi) is 5.64. The van der Waals surface area contributed by atoms with Gasteiger partial charge < -0.3 is 4.90 Å². The topological polar surface area (TPSA) is 83.4 Å². The van der Waals surface area contributed by atoms with Gasteiger partial charge in [0.25, 0.3) is 10.0 Å². The van der Waals surface area contributed by atoms with Crippen LogP contribution in [0.4, 0.5) is 5.69 Å². The van der Waals surface area contributed by atoms with Gasteiger partial charge in [-0.25, -0.2) is 13.1 Å². The molecule has 7 rings (SSSR count). The molecule has 1 N–H and O–H groups in total. The van der Waals surface area contributed by atoms with Gasteiger partial charge in [-0.15, -0.1) is 5.10 Å². The zero-order chi connectivity index (χ0) is 25.1. The molecule has 2 aliphatic carbocycles. The zero-order valence-electron chi connectivity index (χ0n) is 21.2. The van der Waals surface area contributed by atoms with E-state index in [1.54, 1.807) is 7.05 Å². The molecule has 4 unspecified atom stereocenters. The van der Waals surface area contributed by atoms with E-state index in [9.17, 15) is 8.42 Å². The molecule has 194 valence electrons. The van der Waals surface area contributed by atoms with Gasteiger partial charge in [0.15, 0.2) is 0 Å². The first-order valence-electron chi connectivity index (χ1n) is 13.5. The van der Waals surface area contributed by atoms with E-state index in [1.807, 2.05) is 0 Å². The fourth-order valence-electron chi connectivity index (χ4n) is 6.81. The average Bonchev–Trinajstić information content (AvgIpc) is 3.23. The predicted molar refractivity (Wildman–Crippen MR) is 142 cm³/mol.